The molecule has 0 aliphatic rings. The number of aromatic nitrogens is 4. The van der Waals surface area contributed by atoms with Crippen molar-refractivity contribution < 1.29 is 14.3 Å². The summed E-state index contributed by atoms with van der Waals surface area (Å²) >= 11 is 1.57. The Bertz CT molecular complexity index is 1260. The van der Waals surface area contributed by atoms with Crippen LogP contribution in [-0.4, -0.2) is 64.8 Å². The predicted octanol–water partition coefficient (Wildman–Crippen LogP) is 3.35. The first kappa shape index (κ1) is 23.8. The Morgan fingerprint density at radius 3 is 2.79 bits per heavy atom. The molecular formula is C24H28N6O3S. The van der Waals surface area contributed by atoms with Crippen LogP contribution in [0.1, 0.15) is 6.92 Å². The summed E-state index contributed by atoms with van der Waals surface area (Å²) in [6.45, 7) is 4.11. The third kappa shape index (κ3) is 5.95. The van der Waals surface area contributed by atoms with E-state index in [2.05, 4.69) is 32.6 Å². The Labute approximate surface area is 202 Å². The van der Waals surface area contributed by atoms with Gasteiger partial charge in [0, 0.05) is 20.2 Å². The van der Waals surface area contributed by atoms with E-state index < -0.39 is 0 Å². The molecule has 0 unspecified atom stereocenters. The van der Waals surface area contributed by atoms with Gasteiger partial charge in [-0.3, -0.25) is 4.79 Å². The van der Waals surface area contributed by atoms with E-state index in [0.717, 1.165) is 33.4 Å². The van der Waals surface area contributed by atoms with Crippen molar-refractivity contribution in [2.24, 2.45) is 0 Å². The third-order valence-electron chi connectivity index (χ3n) is 5.08. The zero-order valence-corrected chi connectivity index (χ0v) is 20.1. The lowest BCUT2D eigenvalue weighted by Crippen LogP contribution is -2.31. The highest BCUT2D eigenvalue weighted by Gasteiger charge is 2.13. The van der Waals surface area contributed by atoms with Gasteiger partial charge in [-0.05, 0) is 28.7 Å². The van der Waals surface area contributed by atoms with Crippen molar-refractivity contribution in [3.05, 3.63) is 48.7 Å². The summed E-state index contributed by atoms with van der Waals surface area (Å²) in [7, 11) is 1.66. The molecule has 0 aliphatic heterocycles. The smallest absolute Gasteiger partial charge is 0.258 e. The summed E-state index contributed by atoms with van der Waals surface area (Å²) in [4.78, 5) is 21.6. The molecule has 0 saturated carbocycles. The number of nitrogens with one attached hydrogen (secondary N) is 2. The molecule has 0 fully saturated rings. The first-order chi connectivity index (χ1) is 16.7. The van der Waals surface area contributed by atoms with Gasteiger partial charge in [-0.2, -0.15) is 5.10 Å². The third-order valence-corrected chi connectivity index (χ3v) is 5.81. The molecule has 2 N–H and O–H groups in total. The molecule has 0 bridgehead atoms. The van der Waals surface area contributed by atoms with E-state index in [1.807, 2.05) is 42.5 Å². The molecule has 0 aliphatic carbocycles. The minimum atomic E-state index is -0.191. The van der Waals surface area contributed by atoms with Crippen LogP contribution >= 0.6 is 11.8 Å². The van der Waals surface area contributed by atoms with Crippen molar-refractivity contribution in [1.82, 2.24) is 25.1 Å². The summed E-state index contributed by atoms with van der Waals surface area (Å²) in [5, 5.41) is 14.4. The number of ether oxygens (including phenoxy) is 2. The van der Waals surface area contributed by atoms with Crippen molar-refractivity contribution in [3.63, 3.8) is 0 Å². The Balaban J connectivity index is 1.34. The van der Waals surface area contributed by atoms with Gasteiger partial charge in [0.1, 0.15) is 11.6 Å². The number of thioether (sulfide) groups is 1. The number of carbonyl (C=O) groups is 1. The number of anilines is 1. The standard InChI is InChI=1S/C24H28N6O3S/c1-3-34-24-28-22(26-11-13-32-2)20-15-27-30(23(20)29-24)12-10-25-21(31)16-33-19-9-8-17-6-4-5-7-18(17)14-19/h4-9,14-15H,3,10-13,16H2,1-2H3,(H,25,31)(H,26,28,29). The van der Waals surface area contributed by atoms with Crippen LogP contribution in [0.3, 0.4) is 0 Å². The van der Waals surface area contributed by atoms with E-state index in [0.29, 0.717) is 37.1 Å². The number of benzene rings is 2. The lowest BCUT2D eigenvalue weighted by Gasteiger charge is -2.10. The normalized spacial score (nSPS) is 11.1. The number of fused-ring (bicyclic) bond motifs is 2. The van der Waals surface area contributed by atoms with Crippen LogP contribution in [0.4, 0.5) is 5.82 Å². The molecule has 34 heavy (non-hydrogen) atoms. The Kier molecular flexibility index (Phi) is 8.16. The molecule has 9 nitrogen and oxygen atoms in total. The Morgan fingerprint density at radius 2 is 1.97 bits per heavy atom. The van der Waals surface area contributed by atoms with E-state index >= 15 is 0 Å². The van der Waals surface area contributed by atoms with Crippen molar-refractivity contribution in [2.75, 3.05) is 44.5 Å². The van der Waals surface area contributed by atoms with Crippen LogP contribution < -0.4 is 15.4 Å². The second kappa shape index (κ2) is 11.7. The summed E-state index contributed by atoms with van der Waals surface area (Å²) in [6.07, 6.45) is 1.75. The molecule has 0 saturated heterocycles. The van der Waals surface area contributed by atoms with Crippen LogP contribution in [0.25, 0.3) is 21.8 Å². The van der Waals surface area contributed by atoms with Crippen LogP contribution in [0.2, 0.25) is 0 Å². The zero-order chi connectivity index (χ0) is 23.8. The second-order valence-electron chi connectivity index (χ2n) is 7.46. The number of carbonyl (C=O) groups excluding carboxylic acids is 1. The molecule has 2 heterocycles. The van der Waals surface area contributed by atoms with E-state index in [-0.39, 0.29) is 12.5 Å². The number of hydrogen-bond acceptors (Lipinski definition) is 8. The minimum absolute atomic E-state index is 0.0504. The number of rotatable bonds is 12. The molecule has 2 aromatic carbocycles. The van der Waals surface area contributed by atoms with Crippen LogP contribution in [-0.2, 0) is 16.1 Å². The van der Waals surface area contributed by atoms with Gasteiger partial charge < -0.3 is 20.1 Å². The number of amides is 1. The van der Waals surface area contributed by atoms with E-state index in [1.54, 1.807) is 29.8 Å². The Hall–Kier alpha value is -3.37. The van der Waals surface area contributed by atoms with Crippen molar-refractivity contribution in [1.29, 1.82) is 0 Å². The first-order valence-electron chi connectivity index (χ1n) is 11.2. The number of nitrogens with zero attached hydrogens (tertiary/aromatic N) is 4. The molecular weight excluding hydrogens is 452 g/mol. The highest BCUT2D eigenvalue weighted by Crippen LogP contribution is 2.24. The molecule has 10 heteroatoms. The minimum Gasteiger partial charge on any atom is -0.484 e. The molecule has 2 aromatic heterocycles. The van der Waals surface area contributed by atoms with Crippen LogP contribution in [0.15, 0.2) is 53.8 Å². The van der Waals surface area contributed by atoms with Crippen molar-refractivity contribution >= 4 is 45.3 Å². The quantitative estimate of drug-likeness (QED) is 0.181. The van der Waals surface area contributed by atoms with Gasteiger partial charge >= 0.3 is 0 Å². The average Bonchev–Trinajstić information content (AvgIpc) is 3.26. The van der Waals surface area contributed by atoms with Gasteiger partial charge in [-0.1, -0.05) is 49.0 Å². The maximum Gasteiger partial charge on any atom is 0.258 e. The lowest BCUT2D eigenvalue weighted by molar-refractivity contribution is -0.123. The fourth-order valence-electron chi connectivity index (χ4n) is 3.46. The van der Waals surface area contributed by atoms with Gasteiger partial charge in [0.2, 0.25) is 0 Å². The predicted molar refractivity (Wildman–Crippen MR) is 135 cm³/mol. The average molecular weight is 481 g/mol. The highest BCUT2D eigenvalue weighted by atomic mass is 32.2. The van der Waals surface area contributed by atoms with E-state index in [4.69, 9.17) is 9.47 Å². The molecule has 0 atom stereocenters. The molecule has 178 valence electrons. The summed E-state index contributed by atoms with van der Waals surface area (Å²) in [6, 6.07) is 13.8. The van der Waals surface area contributed by atoms with Crippen LogP contribution in [0, 0.1) is 0 Å². The molecule has 4 aromatic rings. The van der Waals surface area contributed by atoms with Gasteiger partial charge in [0.15, 0.2) is 17.4 Å². The van der Waals surface area contributed by atoms with E-state index in [9.17, 15) is 4.79 Å². The Morgan fingerprint density at radius 1 is 1.12 bits per heavy atom. The van der Waals surface area contributed by atoms with Crippen molar-refractivity contribution in [2.45, 2.75) is 18.6 Å². The molecule has 0 radical (unpaired) electrons. The van der Waals surface area contributed by atoms with Gasteiger partial charge in [-0.25, -0.2) is 14.6 Å². The monoisotopic (exact) mass is 480 g/mol. The zero-order valence-electron chi connectivity index (χ0n) is 19.3. The van der Waals surface area contributed by atoms with Crippen LogP contribution in [0.5, 0.6) is 5.75 Å². The van der Waals surface area contributed by atoms with Gasteiger partial charge in [-0.15, -0.1) is 0 Å². The lowest BCUT2D eigenvalue weighted by atomic mass is 10.1. The molecule has 1 amide bonds. The largest absolute Gasteiger partial charge is 0.484 e. The topological polar surface area (TPSA) is 103 Å². The maximum absolute atomic E-state index is 12.3. The number of methoxy groups -OCH3 is 1. The fourth-order valence-corrected chi connectivity index (χ4v) is 4.02. The first-order valence-corrected chi connectivity index (χ1v) is 12.1. The molecule has 0 spiro atoms. The summed E-state index contributed by atoms with van der Waals surface area (Å²) in [5.41, 5.74) is 0.729. The SMILES string of the molecule is CCSc1nc(NCCOC)c2cnn(CCNC(=O)COc3ccc4ccccc4c3)c2n1. The highest BCUT2D eigenvalue weighted by molar-refractivity contribution is 7.99. The van der Waals surface area contributed by atoms with Gasteiger partial charge in [0.05, 0.1) is 24.7 Å². The number of hydrogen-bond donors (Lipinski definition) is 2. The second-order valence-corrected chi connectivity index (χ2v) is 8.69. The van der Waals surface area contributed by atoms with Gasteiger partial charge in [0.25, 0.3) is 5.91 Å². The summed E-state index contributed by atoms with van der Waals surface area (Å²) in [5.74, 6) is 2.07. The summed E-state index contributed by atoms with van der Waals surface area (Å²) < 4.78 is 12.6. The molecule has 4 rings (SSSR count). The maximum atomic E-state index is 12.3. The fraction of sp³-hybridized carbons (Fsp3) is 0.333. The van der Waals surface area contributed by atoms with E-state index in [1.165, 1.54) is 0 Å². The van der Waals surface area contributed by atoms with Crippen molar-refractivity contribution in [3.8, 4) is 5.75 Å².